The number of rotatable bonds is 6. The minimum atomic E-state index is 0.479. The number of aromatic nitrogens is 2. The fourth-order valence-corrected chi connectivity index (χ4v) is 3.35. The van der Waals surface area contributed by atoms with Gasteiger partial charge in [0.1, 0.15) is 12.0 Å². The Labute approximate surface area is 150 Å². The molecular weight excluding hydrogens is 336 g/mol. The minimum Gasteiger partial charge on any atom is -0.496 e. The molecule has 1 aromatic heterocycles. The quantitative estimate of drug-likeness (QED) is 0.481. The van der Waals surface area contributed by atoms with E-state index >= 15 is 0 Å². The third kappa shape index (κ3) is 4.09. The first kappa shape index (κ1) is 17.2. The van der Waals surface area contributed by atoms with Crippen LogP contribution in [-0.2, 0) is 5.75 Å². The van der Waals surface area contributed by atoms with Gasteiger partial charge in [-0.2, -0.15) is 0 Å². The molecule has 0 spiro atoms. The van der Waals surface area contributed by atoms with Crippen LogP contribution < -0.4 is 4.74 Å². The number of carbonyl (C=O) groups is 1. The first-order chi connectivity index (χ1) is 12.1. The van der Waals surface area contributed by atoms with E-state index in [1.54, 1.807) is 25.3 Å². The molecule has 0 aliphatic carbocycles. The van der Waals surface area contributed by atoms with Crippen LogP contribution in [0.2, 0.25) is 0 Å². The molecule has 0 amide bonds. The van der Waals surface area contributed by atoms with E-state index in [9.17, 15) is 4.79 Å². The molecule has 5 nitrogen and oxygen atoms in total. The number of ether oxygens (including phenoxy) is 1. The van der Waals surface area contributed by atoms with Crippen molar-refractivity contribution in [2.75, 3.05) is 7.11 Å². The molecular formula is C19H18N2O3S. The Morgan fingerprint density at radius 2 is 1.88 bits per heavy atom. The Morgan fingerprint density at radius 1 is 1.12 bits per heavy atom. The minimum absolute atomic E-state index is 0.479. The lowest BCUT2D eigenvalue weighted by Gasteiger charge is -2.07. The number of hydrogen-bond donors (Lipinski definition) is 0. The van der Waals surface area contributed by atoms with Gasteiger partial charge >= 0.3 is 0 Å². The number of benzene rings is 2. The standard InChI is InChI=1S/C19H18N2O3S/c1-12-6-13(2)8-15(7-12)18-20-21-19(24-18)25-11-16-9-14(10-22)4-5-17(16)23-3/h4-10H,11H2,1-3H3. The molecule has 0 atom stereocenters. The topological polar surface area (TPSA) is 65.2 Å². The van der Waals surface area contributed by atoms with Crippen molar-refractivity contribution in [1.82, 2.24) is 10.2 Å². The molecule has 3 rings (SSSR count). The van der Waals surface area contributed by atoms with Gasteiger partial charge in [0.2, 0.25) is 5.89 Å². The smallest absolute Gasteiger partial charge is 0.277 e. The third-order valence-corrected chi connectivity index (χ3v) is 4.53. The summed E-state index contributed by atoms with van der Waals surface area (Å²) in [6.45, 7) is 4.07. The average molecular weight is 354 g/mol. The Kier molecular flexibility index (Phi) is 5.19. The van der Waals surface area contributed by atoms with Gasteiger partial charge in [0.05, 0.1) is 7.11 Å². The van der Waals surface area contributed by atoms with E-state index in [0.29, 0.717) is 22.4 Å². The van der Waals surface area contributed by atoms with E-state index in [1.165, 1.54) is 11.8 Å². The van der Waals surface area contributed by atoms with Crippen LogP contribution in [0, 0.1) is 13.8 Å². The van der Waals surface area contributed by atoms with E-state index in [-0.39, 0.29) is 0 Å². The maximum atomic E-state index is 11.0. The van der Waals surface area contributed by atoms with E-state index in [0.717, 1.165) is 34.3 Å². The van der Waals surface area contributed by atoms with Crippen molar-refractivity contribution in [1.29, 1.82) is 0 Å². The Bertz CT molecular complexity index is 885. The lowest BCUT2D eigenvalue weighted by molar-refractivity contribution is 0.112. The number of aryl methyl sites for hydroxylation is 2. The molecule has 3 aromatic rings. The molecule has 0 N–H and O–H groups in total. The second kappa shape index (κ2) is 7.53. The summed E-state index contributed by atoms with van der Waals surface area (Å²) in [7, 11) is 1.61. The predicted octanol–water partition coefficient (Wildman–Crippen LogP) is 4.47. The summed E-state index contributed by atoms with van der Waals surface area (Å²) in [5, 5.41) is 8.71. The van der Waals surface area contributed by atoms with Gasteiger partial charge in [-0.1, -0.05) is 29.0 Å². The van der Waals surface area contributed by atoms with Gasteiger partial charge in [0, 0.05) is 22.4 Å². The van der Waals surface area contributed by atoms with Crippen LogP contribution in [0.15, 0.2) is 46.0 Å². The molecule has 0 aliphatic rings. The highest BCUT2D eigenvalue weighted by atomic mass is 32.2. The van der Waals surface area contributed by atoms with E-state index in [2.05, 4.69) is 16.3 Å². The lowest BCUT2D eigenvalue weighted by atomic mass is 10.1. The van der Waals surface area contributed by atoms with E-state index in [4.69, 9.17) is 9.15 Å². The SMILES string of the molecule is COc1ccc(C=O)cc1CSc1nnc(-c2cc(C)cc(C)c2)o1. The maximum absolute atomic E-state index is 11.0. The highest BCUT2D eigenvalue weighted by Gasteiger charge is 2.12. The summed E-state index contributed by atoms with van der Waals surface area (Å²) in [4.78, 5) is 11.0. The monoisotopic (exact) mass is 354 g/mol. The average Bonchev–Trinajstić information content (AvgIpc) is 3.08. The molecule has 2 aromatic carbocycles. The highest BCUT2D eigenvalue weighted by Crippen LogP contribution is 2.30. The van der Waals surface area contributed by atoms with Crippen molar-refractivity contribution >= 4 is 18.0 Å². The molecule has 0 radical (unpaired) electrons. The molecule has 0 bridgehead atoms. The highest BCUT2D eigenvalue weighted by molar-refractivity contribution is 7.98. The number of carbonyl (C=O) groups excluding carboxylic acids is 1. The van der Waals surface area contributed by atoms with Crippen LogP contribution in [0.1, 0.15) is 27.0 Å². The van der Waals surface area contributed by atoms with Gasteiger partial charge in [0.15, 0.2) is 0 Å². The van der Waals surface area contributed by atoms with Crippen molar-refractivity contribution in [2.24, 2.45) is 0 Å². The fraction of sp³-hybridized carbons (Fsp3) is 0.211. The Balaban J connectivity index is 1.77. The predicted molar refractivity (Wildman–Crippen MR) is 97.2 cm³/mol. The summed E-state index contributed by atoms with van der Waals surface area (Å²) < 4.78 is 11.1. The maximum Gasteiger partial charge on any atom is 0.277 e. The molecule has 25 heavy (non-hydrogen) atoms. The number of nitrogens with zero attached hydrogens (tertiary/aromatic N) is 2. The fourth-order valence-electron chi connectivity index (χ4n) is 2.61. The van der Waals surface area contributed by atoms with Crippen molar-refractivity contribution in [2.45, 2.75) is 24.8 Å². The summed E-state index contributed by atoms with van der Waals surface area (Å²) >= 11 is 1.41. The Morgan fingerprint density at radius 3 is 2.56 bits per heavy atom. The van der Waals surface area contributed by atoms with Crippen LogP contribution in [0.4, 0.5) is 0 Å². The zero-order valence-corrected chi connectivity index (χ0v) is 15.1. The van der Waals surface area contributed by atoms with Crippen LogP contribution >= 0.6 is 11.8 Å². The van der Waals surface area contributed by atoms with Gasteiger partial charge in [-0.3, -0.25) is 4.79 Å². The first-order valence-corrected chi connectivity index (χ1v) is 8.74. The number of hydrogen-bond acceptors (Lipinski definition) is 6. The van der Waals surface area contributed by atoms with Crippen molar-refractivity contribution in [3.8, 4) is 17.2 Å². The third-order valence-electron chi connectivity index (χ3n) is 3.67. The van der Waals surface area contributed by atoms with Crippen LogP contribution in [0.25, 0.3) is 11.5 Å². The van der Waals surface area contributed by atoms with Crippen molar-refractivity contribution < 1.29 is 13.9 Å². The summed E-state index contributed by atoms with van der Waals surface area (Å²) in [6.07, 6.45) is 0.818. The van der Waals surface area contributed by atoms with E-state index < -0.39 is 0 Å². The molecule has 0 saturated carbocycles. The van der Waals surface area contributed by atoms with E-state index in [1.807, 2.05) is 26.0 Å². The molecule has 0 aliphatic heterocycles. The van der Waals surface area contributed by atoms with Crippen LogP contribution in [-0.4, -0.2) is 23.6 Å². The van der Waals surface area contributed by atoms with Crippen molar-refractivity contribution in [3.05, 3.63) is 58.7 Å². The summed E-state index contributed by atoms with van der Waals surface area (Å²) in [5.74, 6) is 1.80. The zero-order valence-electron chi connectivity index (χ0n) is 14.3. The zero-order chi connectivity index (χ0) is 17.8. The van der Waals surface area contributed by atoms with Gasteiger partial charge in [0.25, 0.3) is 5.22 Å². The summed E-state index contributed by atoms with van der Waals surface area (Å²) in [6, 6.07) is 11.5. The lowest BCUT2D eigenvalue weighted by Crippen LogP contribution is -1.92. The molecule has 0 fully saturated rings. The van der Waals surface area contributed by atoms with Gasteiger partial charge < -0.3 is 9.15 Å². The molecule has 0 saturated heterocycles. The molecule has 1 heterocycles. The van der Waals surface area contributed by atoms with Crippen molar-refractivity contribution in [3.63, 3.8) is 0 Å². The number of thioether (sulfide) groups is 1. The van der Waals surface area contributed by atoms with Crippen LogP contribution in [0.5, 0.6) is 5.75 Å². The largest absolute Gasteiger partial charge is 0.496 e. The molecule has 128 valence electrons. The number of methoxy groups -OCH3 is 1. The number of aldehydes is 1. The molecule has 6 heteroatoms. The molecule has 0 unspecified atom stereocenters. The van der Waals surface area contributed by atoms with Gasteiger partial charge in [-0.15, -0.1) is 10.2 Å². The van der Waals surface area contributed by atoms with Gasteiger partial charge in [-0.05, 0) is 44.2 Å². The second-order valence-corrected chi connectivity index (χ2v) is 6.65. The Hall–Kier alpha value is -2.60. The first-order valence-electron chi connectivity index (χ1n) is 7.76. The van der Waals surface area contributed by atoms with Crippen LogP contribution in [0.3, 0.4) is 0 Å². The van der Waals surface area contributed by atoms with Gasteiger partial charge in [-0.25, -0.2) is 0 Å². The summed E-state index contributed by atoms with van der Waals surface area (Å²) in [5.41, 5.74) is 4.73. The second-order valence-electron chi connectivity index (χ2n) is 5.73. The normalized spacial score (nSPS) is 10.7.